The van der Waals surface area contributed by atoms with E-state index < -0.39 is 30.5 Å². The highest BCUT2D eigenvalue weighted by Crippen LogP contribution is 2.38. The van der Waals surface area contributed by atoms with Crippen molar-refractivity contribution in [3.8, 4) is 0 Å². The molecule has 0 aliphatic carbocycles. The molecule has 13 heavy (non-hydrogen) atoms. The molecule has 0 saturated heterocycles. The van der Waals surface area contributed by atoms with Gasteiger partial charge in [0.2, 0.25) is 6.17 Å². The summed E-state index contributed by atoms with van der Waals surface area (Å²) < 4.78 is 83.0. The SMILES string of the molecule is C=CC(F)(F)C(F)C(F)(F)C(F)F. The first-order valence-corrected chi connectivity index (χ1v) is 2.97. The summed E-state index contributed by atoms with van der Waals surface area (Å²) in [6.07, 6.45) is -9.18. The summed E-state index contributed by atoms with van der Waals surface area (Å²) >= 11 is 0. The first-order chi connectivity index (χ1) is 5.66. The van der Waals surface area contributed by atoms with E-state index in [-0.39, 0.29) is 0 Å². The third-order valence-corrected chi connectivity index (χ3v) is 1.24. The summed E-state index contributed by atoms with van der Waals surface area (Å²) in [5.74, 6) is -10.0. The second-order valence-corrected chi connectivity index (χ2v) is 2.22. The molecule has 0 fully saturated rings. The van der Waals surface area contributed by atoms with Crippen LogP contribution in [0.25, 0.3) is 0 Å². The number of hydrogen-bond donors (Lipinski definition) is 0. The van der Waals surface area contributed by atoms with Gasteiger partial charge in [-0.15, -0.1) is 0 Å². The van der Waals surface area contributed by atoms with Crippen molar-refractivity contribution < 1.29 is 30.7 Å². The molecule has 0 heterocycles. The largest absolute Gasteiger partial charge is 0.344 e. The molecule has 0 bridgehead atoms. The van der Waals surface area contributed by atoms with E-state index in [1.807, 2.05) is 0 Å². The van der Waals surface area contributed by atoms with Crippen molar-refractivity contribution in [1.29, 1.82) is 0 Å². The fourth-order valence-corrected chi connectivity index (χ4v) is 0.471. The van der Waals surface area contributed by atoms with Gasteiger partial charge in [-0.1, -0.05) is 6.58 Å². The van der Waals surface area contributed by atoms with Crippen LogP contribution in [-0.4, -0.2) is 24.4 Å². The highest BCUT2D eigenvalue weighted by atomic mass is 19.3. The molecule has 0 N–H and O–H groups in total. The minimum absolute atomic E-state index is 0.437. The van der Waals surface area contributed by atoms with E-state index >= 15 is 0 Å². The third-order valence-electron chi connectivity index (χ3n) is 1.24. The van der Waals surface area contributed by atoms with Crippen molar-refractivity contribution in [2.45, 2.75) is 24.4 Å². The molecule has 0 aromatic heterocycles. The number of allylic oxidation sites excluding steroid dienone is 1. The van der Waals surface area contributed by atoms with Crippen LogP contribution in [0.15, 0.2) is 12.7 Å². The Morgan fingerprint density at radius 3 is 1.62 bits per heavy atom. The van der Waals surface area contributed by atoms with Crippen molar-refractivity contribution in [1.82, 2.24) is 0 Å². The van der Waals surface area contributed by atoms with Gasteiger partial charge in [0.15, 0.2) is 0 Å². The predicted molar refractivity (Wildman–Crippen MR) is 31.0 cm³/mol. The van der Waals surface area contributed by atoms with Crippen LogP contribution in [0.3, 0.4) is 0 Å². The zero-order chi connectivity index (χ0) is 10.9. The molecule has 1 atom stereocenters. The molecule has 0 amide bonds. The van der Waals surface area contributed by atoms with Crippen LogP contribution < -0.4 is 0 Å². The maximum Gasteiger partial charge on any atom is 0.344 e. The van der Waals surface area contributed by atoms with Gasteiger partial charge in [0.25, 0.3) is 0 Å². The van der Waals surface area contributed by atoms with Crippen LogP contribution in [0.1, 0.15) is 0 Å². The van der Waals surface area contributed by atoms with Gasteiger partial charge >= 0.3 is 18.3 Å². The first kappa shape index (κ1) is 12.2. The van der Waals surface area contributed by atoms with E-state index in [1.165, 1.54) is 0 Å². The molecule has 0 rings (SSSR count). The highest BCUT2D eigenvalue weighted by Gasteiger charge is 2.59. The summed E-state index contributed by atoms with van der Waals surface area (Å²) in [5, 5.41) is 0. The van der Waals surface area contributed by atoms with Gasteiger partial charge in [-0.2, -0.15) is 17.6 Å². The third kappa shape index (κ3) is 2.35. The van der Waals surface area contributed by atoms with E-state index in [9.17, 15) is 30.7 Å². The normalized spacial score (nSPS) is 16.0. The summed E-state index contributed by atoms with van der Waals surface area (Å²) in [7, 11) is 0. The van der Waals surface area contributed by atoms with Crippen molar-refractivity contribution >= 4 is 0 Å². The minimum Gasteiger partial charge on any atom is -0.233 e. The van der Waals surface area contributed by atoms with Crippen LogP contribution in [0.5, 0.6) is 0 Å². The molecule has 0 saturated carbocycles. The van der Waals surface area contributed by atoms with Crippen molar-refractivity contribution in [2.24, 2.45) is 0 Å². The fourth-order valence-electron chi connectivity index (χ4n) is 0.471. The zero-order valence-electron chi connectivity index (χ0n) is 6.08. The van der Waals surface area contributed by atoms with Crippen LogP contribution in [0, 0.1) is 0 Å². The molecule has 0 radical (unpaired) electrons. The van der Waals surface area contributed by atoms with E-state index in [0.29, 0.717) is 0 Å². The van der Waals surface area contributed by atoms with Gasteiger partial charge in [0, 0.05) is 0 Å². The molecule has 0 aromatic rings. The van der Waals surface area contributed by atoms with E-state index in [0.717, 1.165) is 0 Å². The van der Waals surface area contributed by atoms with Gasteiger partial charge < -0.3 is 0 Å². The second-order valence-electron chi connectivity index (χ2n) is 2.22. The monoisotopic (exact) mass is 210 g/mol. The molecule has 0 aliphatic rings. The average Bonchev–Trinajstić information content (AvgIpc) is 2.02. The van der Waals surface area contributed by atoms with E-state index in [4.69, 9.17) is 0 Å². The summed E-state index contributed by atoms with van der Waals surface area (Å²) in [6, 6.07) is 0. The molecular formula is C6H5F7. The Morgan fingerprint density at radius 1 is 1.00 bits per heavy atom. The lowest BCUT2D eigenvalue weighted by atomic mass is 10.1. The number of alkyl halides is 7. The van der Waals surface area contributed by atoms with Gasteiger partial charge in [0.1, 0.15) is 0 Å². The average molecular weight is 210 g/mol. The number of rotatable bonds is 4. The molecule has 0 aliphatic heterocycles. The molecule has 78 valence electrons. The Kier molecular flexibility index (Phi) is 3.34. The van der Waals surface area contributed by atoms with Crippen molar-refractivity contribution in [3.63, 3.8) is 0 Å². The van der Waals surface area contributed by atoms with E-state index in [2.05, 4.69) is 6.58 Å². The molecular weight excluding hydrogens is 205 g/mol. The Labute approximate surface area is 69.0 Å². The molecule has 0 spiro atoms. The van der Waals surface area contributed by atoms with Gasteiger partial charge in [0.05, 0.1) is 0 Å². The Bertz CT molecular complexity index is 185. The first-order valence-electron chi connectivity index (χ1n) is 2.97. The highest BCUT2D eigenvalue weighted by molar-refractivity contribution is 5.00. The Morgan fingerprint density at radius 2 is 1.38 bits per heavy atom. The van der Waals surface area contributed by atoms with Gasteiger partial charge in [-0.25, -0.2) is 13.2 Å². The number of hydrogen-bond acceptors (Lipinski definition) is 0. The Balaban J connectivity index is 4.77. The predicted octanol–water partition coefficient (Wildman–Crippen LogP) is 3.05. The second kappa shape index (κ2) is 3.55. The maximum atomic E-state index is 12.2. The lowest BCUT2D eigenvalue weighted by Gasteiger charge is -2.24. The standard InChI is InChI=1S/C6H5F7/c1-2-5(10,11)3(7)6(12,13)4(8)9/h2-4H,1H2. The molecule has 0 nitrogen and oxygen atoms in total. The molecule has 0 aromatic carbocycles. The summed E-state index contributed by atoms with van der Waals surface area (Å²) in [4.78, 5) is 0. The van der Waals surface area contributed by atoms with Crippen molar-refractivity contribution in [3.05, 3.63) is 12.7 Å². The smallest absolute Gasteiger partial charge is 0.233 e. The van der Waals surface area contributed by atoms with Gasteiger partial charge in [-0.05, 0) is 6.08 Å². The quantitative estimate of drug-likeness (QED) is 0.494. The summed E-state index contributed by atoms with van der Waals surface area (Å²) in [5.41, 5.74) is 0. The van der Waals surface area contributed by atoms with Crippen LogP contribution >= 0.6 is 0 Å². The lowest BCUT2D eigenvalue weighted by Crippen LogP contribution is -2.47. The molecule has 1 unspecified atom stereocenters. The van der Waals surface area contributed by atoms with Crippen LogP contribution in [0.2, 0.25) is 0 Å². The van der Waals surface area contributed by atoms with Crippen LogP contribution in [0.4, 0.5) is 30.7 Å². The van der Waals surface area contributed by atoms with Gasteiger partial charge in [-0.3, -0.25) is 0 Å². The van der Waals surface area contributed by atoms with Crippen molar-refractivity contribution in [2.75, 3.05) is 0 Å². The maximum absolute atomic E-state index is 12.2. The molecule has 7 heteroatoms. The van der Waals surface area contributed by atoms with E-state index in [1.54, 1.807) is 0 Å². The lowest BCUT2D eigenvalue weighted by molar-refractivity contribution is -0.217. The number of halogens is 7. The minimum atomic E-state index is -5.38. The topological polar surface area (TPSA) is 0 Å². The fraction of sp³-hybridized carbons (Fsp3) is 0.667. The van der Waals surface area contributed by atoms with Crippen LogP contribution in [-0.2, 0) is 0 Å². The Hall–Kier alpha value is -0.750. The summed E-state index contributed by atoms with van der Waals surface area (Å²) in [6.45, 7) is 2.36. The zero-order valence-corrected chi connectivity index (χ0v) is 6.08.